The van der Waals surface area contributed by atoms with Crippen LogP contribution in [0.25, 0.3) is 0 Å². The van der Waals surface area contributed by atoms with Crippen molar-refractivity contribution in [3.63, 3.8) is 0 Å². The number of hydrogen-bond acceptors (Lipinski definition) is 4. The molecule has 4 aliphatic rings. The minimum atomic E-state index is -0.345. The van der Waals surface area contributed by atoms with Crippen LogP contribution in [0.4, 0.5) is 5.69 Å². The number of rotatable bonds is 4. The van der Waals surface area contributed by atoms with Crippen LogP contribution in [0.5, 0.6) is 0 Å². The predicted molar refractivity (Wildman–Crippen MR) is 91.4 cm³/mol. The Morgan fingerprint density at radius 2 is 1.64 bits per heavy atom. The van der Waals surface area contributed by atoms with E-state index in [2.05, 4.69) is 5.32 Å². The van der Waals surface area contributed by atoms with Gasteiger partial charge in [0.05, 0.1) is 17.0 Å². The van der Waals surface area contributed by atoms with E-state index in [1.54, 1.807) is 24.3 Å². The Morgan fingerprint density at radius 3 is 2.16 bits per heavy atom. The Balaban J connectivity index is 1.32. The van der Waals surface area contributed by atoms with Crippen molar-refractivity contribution >= 4 is 17.6 Å². The number of amides is 1. The van der Waals surface area contributed by atoms with Crippen LogP contribution < -0.4 is 5.32 Å². The van der Waals surface area contributed by atoms with Crippen molar-refractivity contribution in [3.8, 4) is 6.07 Å². The molecule has 5 nitrogen and oxygen atoms in total. The first-order valence-corrected chi connectivity index (χ1v) is 9.03. The third-order valence-electron chi connectivity index (χ3n) is 6.10. The summed E-state index contributed by atoms with van der Waals surface area (Å²) in [6.07, 6.45) is 6.63. The van der Waals surface area contributed by atoms with Gasteiger partial charge < -0.3 is 10.1 Å². The lowest BCUT2D eigenvalue weighted by molar-refractivity contribution is -0.172. The fraction of sp³-hybridized carbons (Fsp3) is 0.550. The van der Waals surface area contributed by atoms with Crippen molar-refractivity contribution in [1.29, 1.82) is 5.26 Å². The number of nitriles is 1. The van der Waals surface area contributed by atoms with Gasteiger partial charge in [0, 0.05) is 5.69 Å². The number of esters is 1. The molecule has 0 atom stereocenters. The van der Waals surface area contributed by atoms with E-state index < -0.39 is 0 Å². The summed E-state index contributed by atoms with van der Waals surface area (Å²) in [5.74, 6) is 1.49. The minimum absolute atomic E-state index is 0.179. The lowest BCUT2D eigenvalue weighted by atomic mass is 9.49. The first-order valence-electron chi connectivity index (χ1n) is 9.03. The lowest BCUT2D eigenvalue weighted by Crippen LogP contribution is -2.50. The van der Waals surface area contributed by atoms with Crippen molar-refractivity contribution in [2.75, 3.05) is 11.9 Å². The molecule has 1 amide bonds. The molecule has 5 heteroatoms. The number of carbonyl (C=O) groups is 2. The van der Waals surface area contributed by atoms with Gasteiger partial charge in [0.1, 0.15) is 0 Å². The van der Waals surface area contributed by atoms with E-state index in [4.69, 9.17) is 10.00 Å². The van der Waals surface area contributed by atoms with Gasteiger partial charge in [-0.2, -0.15) is 5.26 Å². The summed E-state index contributed by atoms with van der Waals surface area (Å²) in [5.41, 5.74) is 0.796. The number of hydrogen-bond donors (Lipinski definition) is 1. The highest BCUT2D eigenvalue weighted by atomic mass is 16.5. The Kier molecular flexibility index (Phi) is 3.99. The van der Waals surface area contributed by atoms with Crippen LogP contribution in [0.2, 0.25) is 0 Å². The van der Waals surface area contributed by atoms with Gasteiger partial charge in [-0.1, -0.05) is 0 Å². The Morgan fingerprint density at radius 1 is 1.08 bits per heavy atom. The Bertz CT molecular complexity index is 697. The van der Waals surface area contributed by atoms with E-state index in [9.17, 15) is 9.59 Å². The molecule has 4 bridgehead atoms. The quantitative estimate of drug-likeness (QED) is 0.855. The maximum atomic E-state index is 12.7. The smallest absolute Gasteiger partial charge is 0.312 e. The van der Waals surface area contributed by atoms with E-state index in [0.717, 1.165) is 19.3 Å². The van der Waals surface area contributed by atoms with Crippen molar-refractivity contribution < 1.29 is 14.3 Å². The van der Waals surface area contributed by atoms with Crippen molar-refractivity contribution in [3.05, 3.63) is 29.8 Å². The second-order valence-corrected chi connectivity index (χ2v) is 8.01. The molecule has 4 fully saturated rings. The van der Waals surface area contributed by atoms with Crippen LogP contribution in [0.3, 0.4) is 0 Å². The molecule has 0 aliphatic heterocycles. The molecule has 0 radical (unpaired) electrons. The fourth-order valence-corrected chi connectivity index (χ4v) is 5.47. The van der Waals surface area contributed by atoms with Gasteiger partial charge >= 0.3 is 5.97 Å². The molecule has 130 valence electrons. The number of anilines is 1. The zero-order valence-corrected chi connectivity index (χ0v) is 14.2. The number of benzene rings is 1. The highest BCUT2D eigenvalue weighted by Gasteiger charge is 2.55. The standard InChI is InChI=1S/C20H22N2O3/c21-11-13-1-3-17(4-2-13)22-18(23)12-25-19(24)20-8-14-5-15(9-20)7-16(6-14)10-20/h1-4,14-16H,5-10,12H2,(H,22,23). The van der Waals surface area contributed by atoms with Gasteiger partial charge in [-0.05, 0) is 80.5 Å². The van der Waals surface area contributed by atoms with Crippen LogP contribution in [-0.2, 0) is 14.3 Å². The van der Waals surface area contributed by atoms with Gasteiger partial charge in [0.25, 0.3) is 5.91 Å². The normalized spacial score (nSPS) is 32.0. The van der Waals surface area contributed by atoms with Crippen LogP contribution in [0, 0.1) is 34.5 Å². The van der Waals surface area contributed by atoms with E-state index in [1.165, 1.54) is 19.3 Å². The van der Waals surface area contributed by atoms with E-state index in [0.29, 0.717) is 29.0 Å². The molecule has 0 saturated heterocycles. The molecule has 25 heavy (non-hydrogen) atoms. The third-order valence-corrected chi connectivity index (χ3v) is 6.10. The van der Waals surface area contributed by atoms with Gasteiger partial charge in [-0.3, -0.25) is 9.59 Å². The maximum absolute atomic E-state index is 12.7. The van der Waals surface area contributed by atoms with Gasteiger partial charge in [0.15, 0.2) is 6.61 Å². The zero-order valence-electron chi connectivity index (χ0n) is 14.2. The maximum Gasteiger partial charge on any atom is 0.312 e. The predicted octanol–water partition coefficient (Wildman–Crippen LogP) is 3.26. The molecular formula is C20H22N2O3. The minimum Gasteiger partial charge on any atom is -0.455 e. The second-order valence-electron chi connectivity index (χ2n) is 8.01. The fourth-order valence-electron chi connectivity index (χ4n) is 5.47. The SMILES string of the molecule is N#Cc1ccc(NC(=O)COC(=O)C23CC4CC(CC(C4)C2)C3)cc1. The number of nitrogens with one attached hydrogen (secondary N) is 1. The molecule has 0 aromatic heterocycles. The molecule has 1 N–H and O–H groups in total. The third kappa shape index (κ3) is 3.13. The summed E-state index contributed by atoms with van der Waals surface area (Å²) in [4.78, 5) is 24.7. The summed E-state index contributed by atoms with van der Waals surface area (Å²) in [6, 6.07) is 8.63. The molecule has 1 aromatic carbocycles. The largest absolute Gasteiger partial charge is 0.455 e. The summed E-state index contributed by atoms with van der Waals surface area (Å²) < 4.78 is 5.40. The molecule has 0 heterocycles. The van der Waals surface area contributed by atoms with Crippen molar-refractivity contribution in [1.82, 2.24) is 0 Å². The summed E-state index contributed by atoms with van der Waals surface area (Å²) in [5, 5.41) is 11.5. The number of nitrogens with zero attached hydrogens (tertiary/aromatic N) is 1. The highest BCUT2D eigenvalue weighted by Crippen LogP contribution is 2.60. The molecular weight excluding hydrogens is 316 g/mol. The summed E-state index contributed by atoms with van der Waals surface area (Å²) >= 11 is 0. The van der Waals surface area contributed by atoms with Gasteiger partial charge in [-0.25, -0.2) is 0 Å². The molecule has 1 aromatic rings. The van der Waals surface area contributed by atoms with Crippen molar-refractivity contribution in [2.24, 2.45) is 23.2 Å². The van der Waals surface area contributed by atoms with E-state index in [-0.39, 0.29) is 23.9 Å². The zero-order chi connectivity index (χ0) is 17.4. The van der Waals surface area contributed by atoms with Gasteiger partial charge in [0.2, 0.25) is 0 Å². The average molecular weight is 338 g/mol. The van der Waals surface area contributed by atoms with Crippen LogP contribution >= 0.6 is 0 Å². The summed E-state index contributed by atoms with van der Waals surface area (Å²) in [6.45, 7) is -0.249. The molecule has 0 spiro atoms. The average Bonchev–Trinajstić information content (AvgIpc) is 2.59. The first kappa shape index (κ1) is 16.1. The first-order chi connectivity index (χ1) is 12.1. The van der Waals surface area contributed by atoms with Crippen LogP contribution in [-0.4, -0.2) is 18.5 Å². The summed E-state index contributed by atoms with van der Waals surface area (Å²) in [7, 11) is 0. The van der Waals surface area contributed by atoms with Crippen LogP contribution in [0.1, 0.15) is 44.1 Å². The molecule has 0 unspecified atom stereocenters. The van der Waals surface area contributed by atoms with E-state index in [1.807, 2.05) is 6.07 Å². The Labute approximate surface area is 147 Å². The molecule has 4 saturated carbocycles. The van der Waals surface area contributed by atoms with Crippen molar-refractivity contribution in [2.45, 2.75) is 38.5 Å². The number of ether oxygens (including phenoxy) is 1. The highest BCUT2D eigenvalue weighted by molar-refractivity contribution is 5.93. The van der Waals surface area contributed by atoms with Crippen LogP contribution in [0.15, 0.2) is 24.3 Å². The lowest BCUT2D eigenvalue weighted by Gasteiger charge is -2.55. The molecule has 5 rings (SSSR count). The van der Waals surface area contributed by atoms with Gasteiger partial charge in [-0.15, -0.1) is 0 Å². The number of carbonyl (C=O) groups excluding carboxylic acids is 2. The molecule has 4 aliphatic carbocycles. The topological polar surface area (TPSA) is 79.2 Å². The monoisotopic (exact) mass is 338 g/mol. The Hall–Kier alpha value is -2.35. The second kappa shape index (κ2) is 6.18. The van der Waals surface area contributed by atoms with E-state index >= 15 is 0 Å².